The second-order valence-electron chi connectivity index (χ2n) is 8.05. The first-order valence-electron chi connectivity index (χ1n) is 11.2. The van der Waals surface area contributed by atoms with Crippen LogP contribution < -0.4 is 4.74 Å². The smallest absolute Gasteiger partial charge is 0.353 e. The molecule has 0 saturated carbocycles. The molecule has 0 aliphatic rings. The summed E-state index contributed by atoms with van der Waals surface area (Å²) in [5.74, 6) is -0.538. The number of rotatable bonds is 8. The van der Waals surface area contributed by atoms with E-state index >= 15 is 0 Å². The van der Waals surface area contributed by atoms with Crippen LogP contribution in [0.25, 0.3) is 33.5 Å². The number of benzene rings is 2. The Balaban J connectivity index is 1.46. The number of methoxy groups -OCH3 is 1. The fourth-order valence-electron chi connectivity index (χ4n) is 4.02. The van der Waals surface area contributed by atoms with Crippen molar-refractivity contribution in [3.8, 4) is 28.5 Å². The lowest BCUT2D eigenvalue weighted by Crippen LogP contribution is -2.11. The highest BCUT2D eigenvalue weighted by atomic mass is 32.1. The minimum atomic E-state index is -0.595. The summed E-state index contributed by atoms with van der Waals surface area (Å²) in [5.41, 5.74) is 5.13. The Morgan fingerprint density at radius 1 is 1.05 bits per heavy atom. The lowest BCUT2D eigenvalue weighted by molar-refractivity contribution is -0.149. The molecule has 3 aromatic heterocycles. The number of hydrogen-bond donors (Lipinski definition) is 1. The molecular weight excluding hydrogens is 496 g/mol. The van der Waals surface area contributed by atoms with Crippen LogP contribution in [0.1, 0.15) is 27.0 Å². The molecule has 0 aliphatic heterocycles. The average Bonchev–Trinajstić information content (AvgIpc) is 3.63. The lowest BCUT2D eigenvalue weighted by atomic mass is 9.98. The normalized spacial score (nSPS) is 11.0. The van der Waals surface area contributed by atoms with Crippen molar-refractivity contribution in [2.24, 2.45) is 0 Å². The Morgan fingerprint density at radius 2 is 1.81 bits per heavy atom. The number of nitrogens with one attached hydrogen (secondary N) is 1. The van der Waals surface area contributed by atoms with Gasteiger partial charge in [0, 0.05) is 17.4 Å². The third-order valence-electron chi connectivity index (χ3n) is 5.69. The van der Waals surface area contributed by atoms with Crippen molar-refractivity contribution >= 4 is 34.3 Å². The van der Waals surface area contributed by atoms with Crippen LogP contribution in [0.3, 0.4) is 0 Å². The Hall–Kier alpha value is -4.58. The van der Waals surface area contributed by atoms with E-state index in [4.69, 9.17) is 14.2 Å². The molecule has 0 saturated heterocycles. The van der Waals surface area contributed by atoms with Crippen LogP contribution in [-0.2, 0) is 20.8 Å². The molecule has 0 amide bonds. The van der Waals surface area contributed by atoms with Crippen LogP contribution >= 0.6 is 11.3 Å². The predicted molar refractivity (Wildman–Crippen MR) is 135 cm³/mol. The van der Waals surface area contributed by atoms with Gasteiger partial charge in [-0.3, -0.25) is 9.36 Å². The fourth-order valence-corrected chi connectivity index (χ4v) is 5.01. The molecule has 0 radical (unpaired) electrons. The molecule has 5 aromatic rings. The third-order valence-corrected chi connectivity index (χ3v) is 6.75. The average molecular weight is 519 g/mol. The number of fused-ring (bicyclic) bond motifs is 1. The van der Waals surface area contributed by atoms with Crippen LogP contribution in [0, 0.1) is 6.92 Å². The molecule has 0 bridgehead atoms. The number of aromatic amines is 1. The van der Waals surface area contributed by atoms with E-state index in [1.54, 1.807) is 0 Å². The van der Waals surface area contributed by atoms with E-state index in [1.807, 2.05) is 60.0 Å². The zero-order valence-corrected chi connectivity index (χ0v) is 21.0. The molecule has 0 atom stereocenters. The van der Waals surface area contributed by atoms with Gasteiger partial charge in [-0.25, -0.2) is 9.89 Å². The molecule has 3 heterocycles. The summed E-state index contributed by atoms with van der Waals surface area (Å²) in [6.45, 7) is 3.08. The largest absolute Gasteiger partial charge is 0.468 e. The molecule has 37 heavy (non-hydrogen) atoms. The van der Waals surface area contributed by atoms with Crippen molar-refractivity contribution in [3.05, 3.63) is 63.8 Å². The summed E-state index contributed by atoms with van der Waals surface area (Å²) in [6, 6.07) is 16.3. The van der Waals surface area contributed by atoms with Crippen LogP contribution in [-0.4, -0.2) is 56.0 Å². The van der Waals surface area contributed by atoms with Crippen LogP contribution in [0.4, 0.5) is 0 Å². The highest BCUT2D eigenvalue weighted by Crippen LogP contribution is 2.35. The Labute approximate surface area is 215 Å². The number of ether oxygens (including phenoxy) is 3. The third kappa shape index (κ3) is 4.78. The highest BCUT2D eigenvalue weighted by Gasteiger charge is 2.25. The summed E-state index contributed by atoms with van der Waals surface area (Å²) in [5, 5.41) is 14.2. The second kappa shape index (κ2) is 10.2. The number of nitrogens with zero attached hydrogens (tertiary/aromatic N) is 5. The molecule has 12 heteroatoms. The van der Waals surface area contributed by atoms with Gasteiger partial charge in [0.25, 0.3) is 6.01 Å². The van der Waals surface area contributed by atoms with Gasteiger partial charge in [-0.05, 0) is 34.0 Å². The molecule has 0 unspecified atom stereocenters. The zero-order chi connectivity index (χ0) is 25.9. The first kappa shape index (κ1) is 24.1. The van der Waals surface area contributed by atoms with Gasteiger partial charge in [-0.1, -0.05) is 48.5 Å². The van der Waals surface area contributed by atoms with Crippen molar-refractivity contribution in [1.29, 1.82) is 0 Å². The summed E-state index contributed by atoms with van der Waals surface area (Å²) in [7, 11) is 1.54. The van der Waals surface area contributed by atoms with Gasteiger partial charge in [0.1, 0.15) is 10.4 Å². The van der Waals surface area contributed by atoms with Crippen LogP contribution in [0.2, 0.25) is 0 Å². The van der Waals surface area contributed by atoms with Crippen molar-refractivity contribution in [3.63, 3.8) is 0 Å². The molecule has 11 nitrogen and oxygen atoms in total. The van der Waals surface area contributed by atoms with E-state index in [-0.39, 0.29) is 0 Å². The molecule has 1 N–H and O–H groups in total. The second-order valence-corrected chi connectivity index (χ2v) is 9.27. The first-order valence-corrected chi connectivity index (χ1v) is 12.0. The maximum Gasteiger partial charge on any atom is 0.353 e. The first-order chi connectivity index (χ1) is 18.0. The monoisotopic (exact) mass is 518 g/mol. The number of hydrogen-bond acceptors (Lipinski definition) is 10. The van der Waals surface area contributed by atoms with Gasteiger partial charge in [-0.15, -0.1) is 16.4 Å². The molecule has 5 rings (SSSR count). The Kier molecular flexibility index (Phi) is 6.64. The van der Waals surface area contributed by atoms with Crippen molar-refractivity contribution in [2.45, 2.75) is 20.4 Å². The van der Waals surface area contributed by atoms with Gasteiger partial charge in [0.15, 0.2) is 5.82 Å². The summed E-state index contributed by atoms with van der Waals surface area (Å²) in [6.07, 6.45) is 0. The molecule has 0 fully saturated rings. The molecule has 0 spiro atoms. The summed E-state index contributed by atoms with van der Waals surface area (Å²) < 4.78 is 17.3. The van der Waals surface area contributed by atoms with E-state index in [1.165, 1.54) is 25.4 Å². The number of imidazole rings is 1. The quantitative estimate of drug-likeness (QED) is 0.239. The van der Waals surface area contributed by atoms with Gasteiger partial charge in [0.05, 0.1) is 19.2 Å². The van der Waals surface area contributed by atoms with E-state index < -0.39 is 18.7 Å². The van der Waals surface area contributed by atoms with Gasteiger partial charge in [-0.2, -0.15) is 4.98 Å². The van der Waals surface area contributed by atoms with Gasteiger partial charge < -0.3 is 14.2 Å². The summed E-state index contributed by atoms with van der Waals surface area (Å²) >= 11 is 1.27. The topological polar surface area (TPSA) is 134 Å². The van der Waals surface area contributed by atoms with Gasteiger partial charge in [0.2, 0.25) is 6.79 Å². The number of aromatic nitrogens is 6. The minimum absolute atomic E-state index is 0.363. The number of tetrazole rings is 1. The van der Waals surface area contributed by atoms with Crippen LogP contribution in [0.5, 0.6) is 6.01 Å². The van der Waals surface area contributed by atoms with Gasteiger partial charge >= 0.3 is 11.9 Å². The van der Waals surface area contributed by atoms with E-state index in [0.29, 0.717) is 34.3 Å². The number of esters is 2. The molecular formula is C25H22N6O5S. The molecule has 0 aliphatic carbocycles. The maximum absolute atomic E-state index is 12.8. The predicted octanol–water partition coefficient (Wildman–Crippen LogP) is 3.99. The van der Waals surface area contributed by atoms with Crippen molar-refractivity contribution in [2.75, 3.05) is 13.9 Å². The Bertz CT molecular complexity index is 1570. The highest BCUT2D eigenvalue weighted by molar-refractivity contribution is 7.15. The van der Waals surface area contributed by atoms with E-state index in [9.17, 15) is 9.59 Å². The minimum Gasteiger partial charge on any atom is -0.468 e. The number of carbonyl (C=O) groups is 2. The molecule has 188 valence electrons. The maximum atomic E-state index is 12.8. The molecule has 2 aromatic carbocycles. The SMILES string of the molecule is COc1nc2c(C)sc(C(=O)OCOC(C)=O)c2n1Cc1ccc(-c2ccccc2-c2nnn[nH]2)cc1. The standard InChI is InChI=1S/C25H22N6O5S/c1-14-20-21(22(37-14)24(33)36-13-35-15(2)32)31(25(26-20)34-3)12-16-8-10-17(11-9-16)18-6-4-5-7-19(18)23-27-29-30-28-23/h4-11H,12-13H2,1-3H3,(H,27,28,29,30). The number of aryl methyl sites for hydroxylation is 1. The number of H-pyrrole nitrogens is 1. The van der Waals surface area contributed by atoms with E-state index in [2.05, 4.69) is 25.6 Å². The Morgan fingerprint density at radius 3 is 2.49 bits per heavy atom. The van der Waals surface area contributed by atoms with Crippen LogP contribution in [0.15, 0.2) is 48.5 Å². The summed E-state index contributed by atoms with van der Waals surface area (Å²) in [4.78, 5) is 29.6. The fraction of sp³-hybridized carbons (Fsp3) is 0.200. The zero-order valence-electron chi connectivity index (χ0n) is 20.2. The van der Waals surface area contributed by atoms with Crippen molar-refractivity contribution < 1.29 is 23.8 Å². The number of thiophene rings is 1. The lowest BCUT2D eigenvalue weighted by Gasteiger charge is -2.11. The number of carbonyl (C=O) groups excluding carboxylic acids is 2. The van der Waals surface area contributed by atoms with Crippen molar-refractivity contribution in [1.82, 2.24) is 30.2 Å². The van der Waals surface area contributed by atoms with E-state index in [0.717, 1.165) is 27.1 Å².